The number of methoxy groups -OCH3 is 1. The van der Waals surface area contributed by atoms with Gasteiger partial charge in [-0.1, -0.05) is 6.92 Å². The Morgan fingerprint density at radius 1 is 1.47 bits per heavy atom. The van der Waals surface area contributed by atoms with Crippen molar-refractivity contribution in [2.45, 2.75) is 39.2 Å². The van der Waals surface area contributed by atoms with Crippen LogP contribution in [0.5, 0.6) is 0 Å². The first-order chi connectivity index (χ1) is 8.14. The smallest absolute Gasteiger partial charge is 0.0589 e. The maximum absolute atomic E-state index is 5.26. The van der Waals surface area contributed by atoms with Crippen molar-refractivity contribution in [1.82, 2.24) is 10.2 Å². The Balaban J connectivity index is 1.89. The lowest BCUT2D eigenvalue weighted by molar-refractivity contribution is 0.0837. The van der Waals surface area contributed by atoms with Crippen LogP contribution in [0.3, 0.4) is 0 Å². The van der Waals surface area contributed by atoms with Crippen LogP contribution < -0.4 is 5.32 Å². The third kappa shape index (κ3) is 3.67. The van der Waals surface area contributed by atoms with Crippen LogP contribution in [0, 0.1) is 11.3 Å². The van der Waals surface area contributed by atoms with Crippen molar-refractivity contribution in [1.29, 1.82) is 0 Å². The highest BCUT2D eigenvalue weighted by Crippen LogP contribution is 2.36. The van der Waals surface area contributed by atoms with Gasteiger partial charge in [-0.3, -0.25) is 4.90 Å². The number of nitrogens with zero attached hydrogens (tertiary/aromatic N) is 1. The molecular weight excluding hydrogens is 212 g/mol. The standard InChI is InChI=1S/C14H28N2O/c1-12(13-4-5-13)16(8-9-17-3)11-14(2)6-7-15-10-14/h12-13,15H,4-11H2,1-3H3. The quantitative estimate of drug-likeness (QED) is 0.733. The van der Waals surface area contributed by atoms with E-state index in [2.05, 4.69) is 24.1 Å². The Labute approximate surface area is 106 Å². The summed E-state index contributed by atoms with van der Waals surface area (Å²) in [6.07, 6.45) is 4.17. The molecule has 2 fully saturated rings. The second-order valence-corrected chi connectivity index (χ2v) is 6.28. The molecule has 0 amide bonds. The average molecular weight is 240 g/mol. The second kappa shape index (κ2) is 5.68. The van der Waals surface area contributed by atoms with Crippen LogP contribution in [0.25, 0.3) is 0 Å². The summed E-state index contributed by atoms with van der Waals surface area (Å²) in [5.74, 6) is 0.949. The fraction of sp³-hybridized carbons (Fsp3) is 1.00. The van der Waals surface area contributed by atoms with Crippen molar-refractivity contribution in [3.8, 4) is 0 Å². The van der Waals surface area contributed by atoms with E-state index in [1.54, 1.807) is 7.11 Å². The molecule has 0 aromatic carbocycles. The van der Waals surface area contributed by atoms with Gasteiger partial charge in [0.1, 0.15) is 0 Å². The van der Waals surface area contributed by atoms with E-state index >= 15 is 0 Å². The Morgan fingerprint density at radius 3 is 2.76 bits per heavy atom. The monoisotopic (exact) mass is 240 g/mol. The number of hydrogen-bond acceptors (Lipinski definition) is 3. The van der Waals surface area contributed by atoms with Crippen molar-refractivity contribution in [2.24, 2.45) is 11.3 Å². The summed E-state index contributed by atoms with van der Waals surface area (Å²) in [6, 6.07) is 0.738. The second-order valence-electron chi connectivity index (χ2n) is 6.28. The summed E-state index contributed by atoms with van der Waals surface area (Å²) in [4.78, 5) is 2.66. The summed E-state index contributed by atoms with van der Waals surface area (Å²) < 4.78 is 5.26. The lowest BCUT2D eigenvalue weighted by Crippen LogP contribution is -2.44. The molecule has 0 aromatic rings. The molecule has 100 valence electrons. The van der Waals surface area contributed by atoms with Gasteiger partial charge in [-0.15, -0.1) is 0 Å². The molecule has 2 aliphatic rings. The molecule has 0 spiro atoms. The molecule has 1 N–H and O–H groups in total. The lowest BCUT2D eigenvalue weighted by Gasteiger charge is -2.36. The maximum Gasteiger partial charge on any atom is 0.0589 e. The zero-order chi connectivity index (χ0) is 12.3. The molecule has 2 unspecified atom stereocenters. The Kier molecular flexibility index (Phi) is 4.45. The molecule has 0 radical (unpaired) electrons. The zero-order valence-electron chi connectivity index (χ0n) is 11.7. The Morgan fingerprint density at radius 2 is 2.24 bits per heavy atom. The van der Waals surface area contributed by atoms with Gasteiger partial charge in [-0.2, -0.15) is 0 Å². The molecule has 2 atom stereocenters. The summed E-state index contributed by atoms with van der Waals surface area (Å²) in [5, 5.41) is 3.50. The summed E-state index contributed by atoms with van der Waals surface area (Å²) >= 11 is 0. The van der Waals surface area contributed by atoms with Gasteiger partial charge in [0, 0.05) is 32.8 Å². The summed E-state index contributed by atoms with van der Waals surface area (Å²) in [5.41, 5.74) is 0.469. The molecule has 2 rings (SSSR count). The zero-order valence-corrected chi connectivity index (χ0v) is 11.7. The SMILES string of the molecule is COCCN(CC1(C)CCNC1)C(C)C1CC1. The minimum absolute atomic E-state index is 0.469. The molecular formula is C14H28N2O. The molecule has 0 bridgehead atoms. The van der Waals surface area contributed by atoms with Gasteiger partial charge >= 0.3 is 0 Å². The van der Waals surface area contributed by atoms with Gasteiger partial charge < -0.3 is 10.1 Å². The largest absolute Gasteiger partial charge is 0.383 e. The van der Waals surface area contributed by atoms with E-state index in [1.165, 1.54) is 38.9 Å². The third-order valence-corrected chi connectivity index (χ3v) is 4.50. The van der Waals surface area contributed by atoms with Crippen LogP contribution in [0.15, 0.2) is 0 Å². The van der Waals surface area contributed by atoms with Crippen molar-refractivity contribution in [2.75, 3.05) is 39.9 Å². The third-order valence-electron chi connectivity index (χ3n) is 4.50. The highest BCUT2D eigenvalue weighted by atomic mass is 16.5. The predicted octanol–water partition coefficient (Wildman–Crippen LogP) is 1.73. The van der Waals surface area contributed by atoms with Crippen LogP contribution in [0.1, 0.15) is 33.1 Å². The normalized spacial score (nSPS) is 31.1. The van der Waals surface area contributed by atoms with E-state index in [4.69, 9.17) is 4.74 Å². The van der Waals surface area contributed by atoms with Crippen LogP contribution in [-0.2, 0) is 4.74 Å². The van der Waals surface area contributed by atoms with Crippen LogP contribution in [-0.4, -0.2) is 50.8 Å². The minimum Gasteiger partial charge on any atom is -0.383 e. The predicted molar refractivity (Wildman–Crippen MR) is 71.2 cm³/mol. The molecule has 3 heteroatoms. The van der Waals surface area contributed by atoms with Crippen LogP contribution >= 0.6 is 0 Å². The van der Waals surface area contributed by atoms with Crippen molar-refractivity contribution in [3.63, 3.8) is 0 Å². The number of rotatable bonds is 7. The van der Waals surface area contributed by atoms with Gasteiger partial charge in [0.15, 0.2) is 0 Å². The molecule has 1 heterocycles. The van der Waals surface area contributed by atoms with E-state index in [9.17, 15) is 0 Å². The highest BCUT2D eigenvalue weighted by molar-refractivity contribution is 4.91. The first-order valence-corrected chi connectivity index (χ1v) is 7.08. The van der Waals surface area contributed by atoms with E-state index in [1.807, 2.05) is 0 Å². The molecule has 0 aromatic heterocycles. The van der Waals surface area contributed by atoms with E-state index < -0.39 is 0 Å². The van der Waals surface area contributed by atoms with Gasteiger partial charge in [-0.05, 0) is 44.1 Å². The number of ether oxygens (including phenoxy) is 1. The lowest BCUT2D eigenvalue weighted by atomic mass is 9.88. The van der Waals surface area contributed by atoms with E-state index in [0.717, 1.165) is 25.1 Å². The maximum atomic E-state index is 5.26. The summed E-state index contributed by atoms with van der Waals surface area (Å²) in [7, 11) is 1.80. The average Bonchev–Trinajstić information content (AvgIpc) is 3.07. The van der Waals surface area contributed by atoms with Gasteiger partial charge in [-0.25, -0.2) is 0 Å². The fourth-order valence-corrected chi connectivity index (χ4v) is 3.01. The highest BCUT2D eigenvalue weighted by Gasteiger charge is 2.36. The molecule has 17 heavy (non-hydrogen) atoms. The topological polar surface area (TPSA) is 24.5 Å². The summed E-state index contributed by atoms with van der Waals surface area (Å²) in [6.45, 7) is 10.4. The molecule has 3 nitrogen and oxygen atoms in total. The van der Waals surface area contributed by atoms with Gasteiger partial charge in [0.05, 0.1) is 6.61 Å². The van der Waals surface area contributed by atoms with Crippen molar-refractivity contribution in [3.05, 3.63) is 0 Å². The van der Waals surface area contributed by atoms with Crippen molar-refractivity contribution < 1.29 is 4.74 Å². The first-order valence-electron chi connectivity index (χ1n) is 7.08. The molecule has 1 aliphatic heterocycles. The first kappa shape index (κ1) is 13.3. The van der Waals surface area contributed by atoms with Gasteiger partial charge in [0.2, 0.25) is 0 Å². The van der Waals surface area contributed by atoms with Crippen LogP contribution in [0.4, 0.5) is 0 Å². The van der Waals surface area contributed by atoms with Crippen LogP contribution in [0.2, 0.25) is 0 Å². The number of nitrogens with one attached hydrogen (secondary N) is 1. The molecule has 1 saturated heterocycles. The van der Waals surface area contributed by atoms with E-state index in [0.29, 0.717) is 5.41 Å². The Bertz CT molecular complexity index is 234. The minimum atomic E-state index is 0.469. The van der Waals surface area contributed by atoms with E-state index in [-0.39, 0.29) is 0 Å². The molecule has 1 aliphatic carbocycles. The Hall–Kier alpha value is -0.120. The fourth-order valence-electron chi connectivity index (χ4n) is 3.01. The van der Waals surface area contributed by atoms with Crippen molar-refractivity contribution >= 4 is 0 Å². The molecule has 1 saturated carbocycles. The number of hydrogen-bond donors (Lipinski definition) is 1. The van der Waals surface area contributed by atoms with Gasteiger partial charge in [0.25, 0.3) is 0 Å².